The van der Waals surface area contributed by atoms with Crippen LogP contribution in [-0.4, -0.2) is 21.1 Å². The number of ketones is 2. The van der Waals surface area contributed by atoms with E-state index in [1.54, 1.807) is 6.92 Å². The van der Waals surface area contributed by atoms with Gasteiger partial charge in [-0.3, -0.25) is 19.0 Å². The zero-order chi connectivity index (χ0) is 16.9. The molecule has 108 valence electrons. The van der Waals surface area contributed by atoms with Gasteiger partial charge in [-0.25, -0.2) is 4.98 Å². The number of aromatic nitrogens is 2. The zero-order valence-corrected chi connectivity index (χ0v) is 11.4. The van der Waals surface area contributed by atoms with Gasteiger partial charge in [-0.15, -0.1) is 0 Å². The highest BCUT2D eigenvalue weighted by atomic mass is 16.2. The Morgan fingerprint density at radius 1 is 1.43 bits per heavy atom. The van der Waals surface area contributed by atoms with Crippen molar-refractivity contribution in [3.05, 3.63) is 34.4 Å². The summed E-state index contributed by atoms with van der Waals surface area (Å²) in [5, 5.41) is 0.128. The second-order valence-electron chi connectivity index (χ2n) is 5.07. The van der Waals surface area contributed by atoms with E-state index in [1.165, 1.54) is 12.1 Å². The molecule has 21 heavy (non-hydrogen) atoms. The summed E-state index contributed by atoms with van der Waals surface area (Å²) in [5.41, 5.74) is 5.72. The molecule has 1 heterocycles. The van der Waals surface area contributed by atoms with Crippen LogP contribution in [-0.2, 0) is 9.59 Å². The SMILES string of the molecule is [2H]c1cc(N)c2c(=O)n(C3C(=O)CC(=O)CC3[2H])c(C)nc2c1. The highest BCUT2D eigenvalue weighted by molar-refractivity contribution is 6.03. The number of nitrogens with two attached hydrogens (primary N) is 1. The van der Waals surface area contributed by atoms with Crippen LogP contribution in [0, 0.1) is 6.92 Å². The first-order chi connectivity index (χ1) is 10.8. The molecule has 2 unspecified atom stereocenters. The van der Waals surface area contributed by atoms with Gasteiger partial charge in [0.25, 0.3) is 5.56 Å². The molecule has 0 aliphatic heterocycles. The molecule has 1 saturated carbocycles. The molecule has 1 aliphatic rings. The summed E-state index contributed by atoms with van der Waals surface area (Å²) in [6.07, 6.45) is -1.36. The molecule has 1 aromatic heterocycles. The summed E-state index contributed by atoms with van der Waals surface area (Å²) >= 11 is 0. The second-order valence-corrected chi connectivity index (χ2v) is 5.07. The predicted molar refractivity (Wildman–Crippen MR) is 78.1 cm³/mol. The van der Waals surface area contributed by atoms with Gasteiger partial charge in [0, 0.05) is 13.5 Å². The lowest BCUT2D eigenvalue weighted by atomic mass is 9.92. The third kappa shape index (κ3) is 2.12. The predicted octanol–water partition coefficient (Wildman–Crippen LogP) is 1.15. The van der Waals surface area contributed by atoms with Crippen molar-refractivity contribution in [1.29, 1.82) is 0 Å². The van der Waals surface area contributed by atoms with E-state index in [0.717, 1.165) is 4.57 Å². The molecule has 0 amide bonds. The third-order valence-corrected chi connectivity index (χ3v) is 3.62. The monoisotopic (exact) mass is 287 g/mol. The molecule has 2 N–H and O–H groups in total. The van der Waals surface area contributed by atoms with Gasteiger partial charge in [0.05, 0.1) is 24.7 Å². The Hall–Kier alpha value is -2.50. The van der Waals surface area contributed by atoms with Crippen molar-refractivity contribution in [1.82, 2.24) is 9.55 Å². The molecule has 1 aliphatic carbocycles. The number of nitrogens with zero attached hydrogens (tertiary/aromatic N) is 2. The van der Waals surface area contributed by atoms with Crippen LogP contribution in [0.3, 0.4) is 0 Å². The molecule has 0 spiro atoms. The van der Waals surface area contributed by atoms with Crippen molar-refractivity contribution in [2.75, 3.05) is 5.73 Å². The van der Waals surface area contributed by atoms with Crippen molar-refractivity contribution in [3.63, 3.8) is 0 Å². The maximum Gasteiger partial charge on any atom is 0.264 e. The van der Waals surface area contributed by atoms with Gasteiger partial charge in [0.2, 0.25) is 0 Å². The number of carbonyl (C=O) groups is 2. The number of hydrogen-bond acceptors (Lipinski definition) is 5. The molecule has 3 rings (SSSR count). The average Bonchev–Trinajstić information content (AvgIpc) is 2.39. The summed E-state index contributed by atoms with van der Waals surface area (Å²) in [6.45, 7) is 1.56. The fourth-order valence-electron chi connectivity index (χ4n) is 2.64. The molecule has 6 heteroatoms. The number of fused-ring (bicyclic) bond motifs is 1. The van der Waals surface area contributed by atoms with Crippen molar-refractivity contribution in [2.24, 2.45) is 0 Å². The van der Waals surface area contributed by atoms with Crippen LogP contribution in [0.4, 0.5) is 5.69 Å². The van der Waals surface area contributed by atoms with E-state index >= 15 is 0 Å². The minimum Gasteiger partial charge on any atom is -0.398 e. The van der Waals surface area contributed by atoms with Gasteiger partial charge in [-0.05, 0) is 25.5 Å². The molecule has 1 fully saturated rings. The molecule has 6 nitrogen and oxygen atoms in total. The number of rotatable bonds is 1. The first-order valence-corrected chi connectivity index (χ1v) is 6.55. The Labute approximate surface area is 123 Å². The molecular formula is C15H15N3O3. The molecule has 2 aromatic rings. The minimum atomic E-state index is -1.04. The van der Waals surface area contributed by atoms with E-state index in [-0.39, 0.29) is 47.1 Å². The molecule has 0 bridgehead atoms. The van der Waals surface area contributed by atoms with E-state index in [0.29, 0.717) is 0 Å². The van der Waals surface area contributed by atoms with Crippen LogP contribution >= 0.6 is 0 Å². The molecule has 0 saturated heterocycles. The quantitative estimate of drug-likeness (QED) is 0.627. The van der Waals surface area contributed by atoms with Gasteiger partial charge in [0.15, 0.2) is 5.78 Å². The number of benzene rings is 1. The van der Waals surface area contributed by atoms with Crippen LogP contribution in [0.15, 0.2) is 23.0 Å². The van der Waals surface area contributed by atoms with Gasteiger partial charge < -0.3 is 5.73 Å². The Bertz CT molecular complexity index is 907. The second kappa shape index (κ2) is 4.80. The standard InChI is InChI=1S/C15H15N3O3/c1-8-17-11-4-2-3-10(16)14(11)15(21)18(8)12-6-5-9(19)7-13(12)20/h2-4,12H,5-7,16H2,1H3/i2D,6D. The lowest BCUT2D eigenvalue weighted by molar-refractivity contribution is -0.132. The fourth-order valence-corrected chi connectivity index (χ4v) is 2.64. The van der Waals surface area contributed by atoms with Gasteiger partial charge in [-0.1, -0.05) is 6.04 Å². The largest absolute Gasteiger partial charge is 0.398 e. The van der Waals surface area contributed by atoms with Crippen molar-refractivity contribution in [3.8, 4) is 0 Å². The number of carbonyl (C=O) groups excluding carboxylic acids is 2. The number of hydrogen-bond donors (Lipinski definition) is 1. The van der Waals surface area contributed by atoms with E-state index in [9.17, 15) is 14.4 Å². The molecule has 0 radical (unpaired) electrons. The normalized spacial score (nSPS) is 24.0. The zero-order valence-electron chi connectivity index (χ0n) is 13.4. The summed E-state index contributed by atoms with van der Waals surface area (Å²) in [6, 6.07) is 1.87. The first-order valence-electron chi connectivity index (χ1n) is 7.63. The van der Waals surface area contributed by atoms with Gasteiger partial charge >= 0.3 is 0 Å². The number of aryl methyl sites for hydroxylation is 1. The molecular weight excluding hydrogens is 270 g/mol. The summed E-state index contributed by atoms with van der Waals surface area (Å²) in [4.78, 5) is 40.7. The van der Waals surface area contributed by atoms with Crippen molar-refractivity contribution >= 4 is 28.2 Å². The van der Waals surface area contributed by atoms with Crippen LogP contribution in [0.25, 0.3) is 10.9 Å². The van der Waals surface area contributed by atoms with Gasteiger partial charge in [0.1, 0.15) is 11.6 Å². The Balaban J connectivity index is 2.28. The average molecular weight is 287 g/mol. The fraction of sp³-hybridized carbons (Fsp3) is 0.333. The lowest BCUT2D eigenvalue weighted by Crippen LogP contribution is -2.36. The lowest BCUT2D eigenvalue weighted by Gasteiger charge is -2.24. The highest BCUT2D eigenvalue weighted by Crippen LogP contribution is 2.24. The number of Topliss-reactive ketones (excluding diaryl/α,β-unsaturated/α-hetero) is 2. The van der Waals surface area contributed by atoms with E-state index in [1.807, 2.05) is 0 Å². The van der Waals surface area contributed by atoms with Crippen LogP contribution in [0.1, 0.15) is 33.8 Å². The topological polar surface area (TPSA) is 95.0 Å². The van der Waals surface area contributed by atoms with Crippen molar-refractivity contribution < 1.29 is 12.3 Å². The Kier molecular flexibility index (Phi) is 2.56. The first kappa shape index (κ1) is 11.2. The summed E-state index contributed by atoms with van der Waals surface area (Å²) in [7, 11) is 0. The molecule has 1 aromatic carbocycles. The van der Waals surface area contributed by atoms with E-state index in [2.05, 4.69) is 4.98 Å². The van der Waals surface area contributed by atoms with Crippen LogP contribution < -0.4 is 11.3 Å². The smallest absolute Gasteiger partial charge is 0.264 e. The highest BCUT2D eigenvalue weighted by Gasteiger charge is 2.30. The van der Waals surface area contributed by atoms with Gasteiger partial charge in [-0.2, -0.15) is 0 Å². The summed E-state index contributed by atoms with van der Waals surface area (Å²) < 4.78 is 16.8. The minimum absolute atomic E-state index is 0.0680. The number of anilines is 1. The molecule has 2 atom stereocenters. The Morgan fingerprint density at radius 2 is 2.19 bits per heavy atom. The maximum atomic E-state index is 12.8. The van der Waals surface area contributed by atoms with Crippen molar-refractivity contribution in [2.45, 2.75) is 32.2 Å². The van der Waals surface area contributed by atoms with E-state index < -0.39 is 23.8 Å². The van der Waals surface area contributed by atoms with E-state index in [4.69, 9.17) is 8.48 Å². The van der Waals surface area contributed by atoms with Crippen LogP contribution in [0.2, 0.25) is 0 Å². The summed E-state index contributed by atoms with van der Waals surface area (Å²) in [5.74, 6) is -0.482. The number of nitrogen functional groups attached to an aromatic ring is 1. The third-order valence-electron chi connectivity index (χ3n) is 3.62. The Morgan fingerprint density at radius 3 is 2.90 bits per heavy atom. The maximum absolute atomic E-state index is 12.8. The van der Waals surface area contributed by atoms with Crippen LogP contribution in [0.5, 0.6) is 0 Å².